The maximum Gasteiger partial charge on any atom is 0.326 e. The van der Waals surface area contributed by atoms with Crippen LogP contribution in [-0.4, -0.2) is 35.9 Å². The van der Waals surface area contributed by atoms with Crippen LogP contribution in [0.5, 0.6) is 11.5 Å². The van der Waals surface area contributed by atoms with Gasteiger partial charge in [0.2, 0.25) is 6.79 Å². The van der Waals surface area contributed by atoms with E-state index >= 15 is 0 Å². The van der Waals surface area contributed by atoms with Gasteiger partial charge >= 0.3 is 5.97 Å². The Kier molecular flexibility index (Phi) is 3.35. The van der Waals surface area contributed by atoms with Crippen molar-refractivity contribution >= 4 is 23.3 Å². The quantitative estimate of drug-likeness (QED) is 0.883. The van der Waals surface area contributed by atoms with Crippen LogP contribution < -0.4 is 19.7 Å². The molecule has 2 aliphatic heterocycles. The van der Waals surface area contributed by atoms with E-state index in [-0.39, 0.29) is 18.6 Å². The monoisotopic (exact) mass is 306 g/mol. The van der Waals surface area contributed by atoms with E-state index in [0.717, 1.165) is 0 Å². The molecule has 1 aromatic carbocycles. The van der Waals surface area contributed by atoms with Crippen LogP contribution in [0, 0.1) is 5.92 Å². The van der Waals surface area contributed by atoms with Crippen LogP contribution in [0.2, 0.25) is 0 Å². The second-order valence-corrected chi connectivity index (χ2v) is 5.81. The maximum absolute atomic E-state index is 12.7. The summed E-state index contributed by atoms with van der Waals surface area (Å²) in [7, 11) is 0. The summed E-state index contributed by atoms with van der Waals surface area (Å²) >= 11 is 0. The zero-order chi connectivity index (χ0) is 16.0. The molecular formula is C15H18N2O5. The molecule has 1 amide bonds. The summed E-state index contributed by atoms with van der Waals surface area (Å²) in [6, 6.07) is 1.96. The Morgan fingerprint density at radius 3 is 2.55 bits per heavy atom. The number of nitrogens with zero attached hydrogens (tertiary/aromatic N) is 1. The van der Waals surface area contributed by atoms with Crippen LogP contribution in [0.4, 0.5) is 11.4 Å². The van der Waals surface area contributed by atoms with Gasteiger partial charge in [-0.25, -0.2) is 4.79 Å². The van der Waals surface area contributed by atoms with Crippen molar-refractivity contribution in [2.75, 3.05) is 17.0 Å². The van der Waals surface area contributed by atoms with E-state index in [4.69, 9.17) is 9.47 Å². The first-order valence-corrected chi connectivity index (χ1v) is 7.16. The van der Waals surface area contributed by atoms with Crippen LogP contribution in [0.15, 0.2) is 12.1 Å². The smallest absolute Gasteiger partial charge is 0.326 e. The lowest BCUT2D eigenvalue weighted by Crippen LogP contribution is -2.54. The molecule has 0 saturated carbocycles. The van der Waals surface area contributed by atoms with Gasteiger partial charge in [-0.2, -0.15) is 0 Å². The summed E-state index contributed by atoms with van der Waals surface area (Å²) in [5, 5.41) is 12.5. The molecule has 2 N–H and O–H groups in total. The Hall–Kier alpha value is -2.44. The second kappa shape index (κ2) is 5.08. The molecule has 22 heavy (non-hydrogen) atoms. The van der Waals surface area contributed by atoms with E-state index in [0.29, 0.717) is 22.9 Å². The van der Waals surface area contributed by atoms with E-state index in [1.54, 1.807) is 12.1 Å². The Bertz CT molecular complexity index is 643. The summed E-state index contributed by atoms with van der Waals surface area (Å²) in [5.74, 6) is -0.183. The van der Waals surface area contributed by atoms with Crippen molar-refractivity contribution < 1.29 is 24.2 Å². The van der Waals surface area contributed by atoms with Gasteiger partial charge in [-0.1, -0.05) is 13.8 Å². The number of fused-ring (bicyclic) bond motifs is 2. The number of carbonyl (C=O) groups is 2. The zero-order valence-electron chi connectivity index (χ0n) is 12.6. The first kappa shape index (κ1) is 14.5. The van der Waals surface area contributed by atoms with E-state index in [1.165, 1.54) is 11.8 Å². The molecule has 0 spiro atoms. The number of nitrogens with one attached hydrogen (secondary N) is 1. The summed E-state index contributed by atoms with van der Waals surface area (Å²) in [6.45, 7) is 5.44. The lowest BCUT2D eigenvalue weighted by atomic mass is 9.97. The van der Waals surface area contributed by atoms with E-state index in [2.05, 4.69) is 5.32 Å². The number of rotatable bonds is 3. The maximum atomic E-state index is 12.7. The molecule has 0 aromatic heterocycles. The highest BCUT2D eigenvalue weighted by Crippen LogP contribution is 2.44. The predicted octanol–water partition coefficient (Wildman–Crippen LogP) is 1.67. The Balaban J connectivity index is 2.12. The summed E-state index contributed by atoms with van der Waals surface area (Å²) in [4.78, 5) is 25.4. The third-order valence-electron chi connectivity index (χ3n) is 3.98. The van der Waals surface area contributed by atoms with E-state index < -0.39 is 18.1 Å². The lowest BCUT2D eigenvalue weighted by molar-refractivity contribution is -0.139. The van der Waals surface area contributed by atoms with Gasteiger partial charge in [-0.15, -0.1) is 0 Å². The molecule has 2 atom stereocenters. The Morgan fingerprint density at radius 1 is 1.32 bits per heavy atom. The fourth-order valence-electron chi connectivity index (χ4n) is 2.71. The molecule has 0 fully saturated rings. The number of carboxylic acids is 1. The van der Waals surface area contributed by atoms with Gasteiger partial charge in [0, 0.05) is 12.1 Å². The van der Waals surface area contributed by atoms with Gasteiger partial charge in [-0.3, -0.25) is 9.69 Å². The summed E-state index contributed by atoms with van der Waals surface area (Å²) < 4.78 is 10.7. The minimum absolute atomic E-state index is 0.0227. The average Bonchev–Trinajstić information content (AvgIpc) is 2.90. The van der Waals surface area contributed by atoms with Crippen LogP contribution in [0.3, 0.4) is 0 Å². The first-order valence-electron chi connectivity index (χ1n) is 7.16. The van der Waals surface area contributed by atoms with Gasteiger partial charge in [0.1, 0.15) is 12.1 Å². The molecule has 1 aromatic rings. The number of amides is 1. The number of hydrogen-bond acceptors (Lipinski definition) is 5. The van der Waals surface area contributed by atoms with Crippen LogP contribution in [-0.2, 0) is 9.59 Å². The van der Waals surface area contributed by atoms with Crippen LogP contribution in [0.1, 0.15) is 20.8 Å². The Morgan fingerprint density at radius 2 is 1.95 bits per heavy atom. The standard InChI is InChI=1S/C15H18N2O5/c1-7(2)13-14(18)17(8(3)15(19)20)10-5-12-11(21-6-22-12)4-9(10)16-13/h4-5,7-8,13,16H,6H2,1-3H3,(H,19,20). The molecule has 118 valence electrons. The SMILES string of the molecule is CC(C)C1Nc2cc3c(cc2N(C(C)C(=O)O)C1=O)OCO3. The highest BCUT2D eigenvalue weighted by atomic mass is 16.7. The fourth-order valence-corrected chi connectivity index (χ4v) is 2.71. The van der Waals surface area contributed by atoms with Crippen molar-refractivity contribution in [3.63, 3.8) is 0 Å². The number of anilines is 2. The molecule has 2 unspecified atom stereocenters. The zero-order valence-corrected chi connectivity index (χ0v) is 12.6. The van der Waals surface area contributed by atoms with Crippen molar-refractivity contribution in [3.8, 4) is 11.5 Å². The summed E-state index contributed by atoms with van der Waals surface area (Å²) in [6.07, 6.45) is 0. The molecular weight excluding hydrogens is 288 g/mol. The van der Waals surface area contributed by atoms with E-state index in [9.17, 15) is 14.7 Å². The molecule has 0 aliphatic carbocycles. The molecule has 0 radical (unpaired) electrons. The highest BCUT2D eigenvalue weighted by molar-refractivity contribution is 6.08. The molecule has 0 bridgehead atoms. The number of carbonyl (C=O) groups excluding carboxylic acids is 1. The van der Waals surface area contributed by atoms with Crippen molar-refractivity contribution in [2.24, 2.45) is 5.92 Å². The molecule has 0 saturated heterocycles. The Labute approximate surface area is 127 Å². The van der Waals surface area contributed by atoms with Gasteiger partial charge in [0.05, 0.1) is 11.4 Å². The van der Waals surface area contributed by atoms with E-state index in [1.807, 2.05) is 13.8 Å². The minimum atomic E-state index is -1.05. The normalized spacial score (nSPS) is 20.6. The average molecular weight is 306 g/mol. The van der Waals surface area contributed by atoms with Crippen molar-refractivity contribution in [1.29, 1.82) is 0 Å². The number of hydrogen-bond donors (Lipinski definition) is 2. The van der Waals surface area contributed by atoms with Gasteiger partial charge in [-0.05, 0) is 12.8 Å². The molecule has 2 heterocycles. The van der Waals surface area contributed by atoms with Gasteiger partial charge in [0.25, 0.3) is 5.91 Å². The molecule has 3 rings (SSSR count). The number of benzene rings is 1. The first-order chi connectivity index (χ1) is 10.4. The molecule has 7 heteroatoms. The predicted molar refractivity (Wildman–Crippen MR) is 79.4 cm³/mol. The second-order valence-electron chi connectivity index (χ2n) is 5.81. The lowest BCUT2D eigenvalue weighted by Gasteiger charge is -2.38. The molecule has 2 aliphatic rings. The summed E-state index contributed by atoms with van der Waals surface area (Å²) in [5.41, 5.74) is 1.18. The number of carboxylic acid groups (broad SMARTS) is 1. The van der Waals surface area contributed by atoms with Crippen molar-refractivity contribution in [3.05, 3.63) is 12.1 Å². The van der Waals surface area contributed by atoms with Crippen LogP contribution >= 0.6 is 0 Å². The third-order valence-corrected chi connectivity index (χ3v) is 3.98. The fraction of sp³-hybridized carbons (Fsp3) is 0.467. The topological polar surface area (TPSA) is 88.1 Å². The molecule has 7 nitrogen and oxygen atoms in total. The van der Waals surface area contributed by atoms with Gasteiger partial charge in [0.15, 0.2) is 11.5 Å². The largest absolute Gasteiger partial charge is 0.480 e. The third kappa shape index (κ3) is 2.13. The van der Waals surface area contributed by atoms with Crippen LogP contribution in [0.25, 0.3) is 0 Å². The van der Waals surface area contributed by atoms with Crippen molar-refractivity contribution in [1.82, 2.24) is 0 Å². The number of ether oxygens (including phenoxy) is 2. The highest BCUT2D eigenvalue weighted by Gasteiger charge is 2.40. The minimum Gasteiger partial charge on any atom is -0.480 e. The van der Waals surface area contributed by atoms with Crippen molar-refractivity contribution in [2.45, 2.75) is 32.9 Å². The number of aliphatic carboxylic acids is 1. The van der Waals surface area contributed by atoms with Gasteiger partial charge < -0.3 is 19.9 Å².